The number of methoxy groups -OCH3 is 1. The molecule has 0 atom stereocenters. The summed E-state index contributed by atoms with van der Waals surface area (Å²) in [5, 5.41) is 0. The molecule has 0 spiro atoms. The number of rotatable bonds is 1. The van der Waals surface area contributed by atoms with Crippen LogP contribution in [0.1, 0.15) is 2.85 Å². The third kappa shape index (κ3) is 3.07. The standard InChI is InChI=1S/C7H10N2O.2ClH/c1-10-5-2-3-6(8)7(9)4-5;;/h2-4H,8-9H2,1H3;2*1H. The van der Waals surface area contributed by atoms with Crippen molar-refractivity contribution in [1.82, 2.24) is 0 Å². The Bertz CT molecular complexity index is 251. The second kappa shape index (κ2) is 5.80. The highest BCUT2D eigenvalue weighted by Gasteiger charge is 1.94. The van der Waals surface area contributed by atoms with Crippen molar-refractivity contribution in [2.75, 3.05) is 18.6 Å². The second-order valence-electron chi connectivity index (χ2n) is 1.99. The predicted octanol–water partition coefficient (Wildman–Crippen LogP) is -4.91. The summed E-state index contributed by atoms with van der Waals surface area (Å²) < 4.78 is 4.91. The molecule has 12 heavy (non-hydrogen) atoms. The van der Waals surface area contributed by atoms with Crippen molar-refractivity contribution in [2.45, 2.75) is 0 Å². The number of nitrogens with two attached hydrogens (primary N) is 2. The molecule has 0 aliphatic rings. The van der Waals surface area contributed by atoms with Crippen molar-refractivity contribution in [3.05, 3.63) is 18.2 Å². The minimum atomic E-state index is 0. The normalized spacial score (nSPS) is 7.75. The van der Waals surface area contributed by atoms with Gasteiger partial charge in [-0.05, 0) is 12.1 Å². The van der Waals surface area contributed by atoms with Crippen molar-refractivity contribution in [2.24, 2.45) is 0 Å². The van der Waals surface area contributed by atoms with E-state index in [0.717, 1.165) is 5.75 Å². The zero-order chi connectivity index (χ0) is 7.56. The Morgan fingerprint density at radius 1 is 1.17 bits per heavy atom. The van der Waals surface area contributed by atoms with Crippen molar-refractivity contribution >= 4 is 11.4 Å². The molecule has 0 bridgehead atoms. The summed E-state index contributed by atoms with van der Waals surface area (Å²) in [6.45, 7) is 0. The van der Waals surface area contributed by atoms with E-state index >= 15 is 0 Å². The molecule has 0 aromatic heterocycles. The van der Waals surface area contributed by atoms with Crippen LogP contribution in [-0.4, -0.2) is 7.11 Å². The average Bonchev–Trinajstić information content (AvgIpc) is 1.95. The van der Waals surface area contributed by atoms with Gasteiger partial charge >= 0.3 is 2.85 Å². The molecule has 0 aliphatic carbocycles. The van der Waals surface area contributed by atoms with Crippen LogP contribution < -0.4 is 41.0 Å². The van der Waals surface area contributed by atoms with Crippen LogP contribution in [0.5, 0.6) is 5.75 Å². The molecule has 1 aromatic carbocycles. The molecule has 0 aliphatic heterocycles. The van der Waals surface area contributed by atoms with Crippen molar-refractivity contribution < 1.29 is 32.4 Å². The predicted molar refractivity (Wildman–Crippen MR) is 44.0 cm³/mol. The van der Waals surface area contributed by atoms with Crippen molar-refractivity contribution in [1.29, 1.82) is 0 Å². The summed E-state index contributed by atoms with van der Waals surface area (Å²) in [7, 11) is 1.59. The number of halogens is 2. The van der Waals surface area contributed by atoms with Gasteiger partial charge in [0.15, 0.2) is 0 Å². The summed E-state index contributed by atoms with van der Waals surface area (Å²) in [4.78, 5) is 0. The molecule has 0 saturated heterocycles. The lowest BCUT2D eigenvalue weighted by Gasteiger charge is -2.02. The Morgan fingerprint density at radius 3 is 2.17 bits per heavy atom. The minimum absolute atomic E-state index is 0. The van der Waals surface area contributed by atoms with Gasteiger partial charge in [0.05, 0.1) is 18.5 Å². The quantitative estimate of drug-likeness (QED) is 0.458. The molecular formula is C7H12Cl2N2O. The Morgan fingerprint density at radius 2 is 1.75 bits per heavy atom. The molecule has 0 fully saturated rings. The van der Waals surface area contributed by atoms with Gasteiger partial charge in [0, 0.05) is 6.07 Å². The fourth-order valence-corrected chi connectivity index (χ4v) is 0.680. The molecular weight excluding hydrogens is 199 g/mol. The van der Waals surface area contributed by atoms with Gasteiger partial charge < -0.3 is 41.0 Å². The summed E-state index contributed by atoms with van der Waals surface area (Å²) in [6, 6.07) is 5.18. The number of benzene rings is 1. The minimum Gasteiger partial charge on any atom is -1.00 e. The van der Waals surface area contributed by atoms with E-state index in [0.29, 0.717) is 11.4 Å². The van der Waals surface area contributed by atoms with E-state index < -0.39 is 0 Å². The van der Waals surface area contributed by atoms with Crippen LogP contribution in [0.2, 0.25) is 0 Å². The Hall–Kier alpha value is -0.800. The lowest BCUT2D eigenvalue weighted by atomic mass is 10.2. The zero-order valence-corrected chi connectivity index (χ0v) is 8.06. The van der Waals surface area contributed by atoms with Crippen LogP contribution in [0.25, 0.3) is 0 Å². The number of nitrogen functional groups attached to an aromatic ring is 2. The number of hydrogen-bond acceptors (Lipinski definition) is 3. The summed E-state index contributed by atoms with van der Waals surface area (Å²) in [6.07, 6.45) is 0. The van der Waals surface area contributed by atoms with Crippen LogP contribution in [0.4, 0.5) is 11.4 Å². The third-order valence-electron chi connectivity index (χ3n) is 1.29. The summed E-state index contributed by atoms with van der Waals surface area (Å²) >= 11 is 0. The molecule has 3 nitrogen and oxygen atoms in total. The Balaban J connectivity index is -0.000000125. The first-order chi connectivity index (χ1) is 4.74. The van der Waals surface area contributed by atoms with Gasteiger partial charge in [-0.15, -0.1) is 0 Å². The second-order valence-corrected chi connectivity index (χ2v) is 1.99. The van der Waals surface area contributed by atoms with Gasteiger partial charge in [-0.25, -0.2) is 0 Å². The van der Waals surface area contributed by atoms with Crippen LogP contribution in [-0.2, 0) is 0 Å². The van der Waals surface area contributed by atoms with Crippen LogP contribution in [0.15, 0.2) is 18.2 Å². The topological polar surface area (TPSA) is 61.3 Å². The lowest BCUT2D eigenvalue weighted by Crippen LogP contribution is -3.00. The van der Waals surface area contributed by atoms with Gasteiger partial charge in [-0.1, -0.05) is 0 Å². The molecule has 0 amide bonds. The first-order valence-corrected chi connectivity index (χ1v) is 2.93. The molecule has 0 heterocycles. The molecule has 1 aromatic rings. The highest BCUT2D eigenvalue weighted by molar-refractivity contribution is 5.65. The SMILES string of the molecule is COc1ccc(N)c(N)c1.[Cl-].[Cl-].[H+].[H+]. The van der Waals surface area contributed by atoms with E-state index in [2.05, 4.69) is 0 Å². The van der Waals surface area contributed by atoms with E-state index in [9.17, 15) is 0 Å². The smallest absolute Gasteiger partial charge is 1.00 e. The van der Waals surface area contributed by atoms with Gasteiger partial charge in [0.2, 0.25) is 0 Å². The van der Waals surface area contributed by atoms with E-state index in [4.69, 9.17) is 16.2 Å². The molecule has 1 rings (SSSR count). The van der Waals surface area contributed by atoms with E-state index in [1.54, 1.807) is 25.3 Å². The number of hydrogen-bond donors (Lipinski definition) is 2. The molecule has 0 radical (unpaired) electrons. The maximum Gasteiger partial charge on any atom is 1.00 e. The fraction of sp³-hybridized carbons (Fsp3) is 0.143. The first kappa shape index (κ1) is 13.8. The van der Waals surface area contributed by atoms with E-state index in [1.165, 1.54) is 0 Å². The molecule has 0 saturated carbocycles. The van der Waals surface area contributed by atoms with Gasteiger partial charge in [0.25, 0.3) is 0 Å². The number of anilines is 2. The molecule has 4 N–H and O–H groups in total. The monoisotopic (exact) mass is 210 g/mol. The van der Waals surface area contributed by atoms with Crippen LogP contribution in [0.3, 0.4) is 0 Å². The third-order valence-corrected chi connectivity index (χ3v) is 1.29. The van der Waals surface area contributed by atoms with Gasteiger partial charge in [-0.2, -0.15) is 0 Å². The van der Waals surface area contributed by atoms with Crippen molar-refractivity contribution in [3.8, 4) is 5.75 Å². The lowest BCUT2D eigenvalue weighted by molar-refractivity contribution is -0.00100. The summed E-state index contributed by atoms with van der Waals surface area (Å²) in [5.41, 5.74) is 12.1. The maximum absolute atomic E-state index is 5.49. The van der Waals surface area contributed by atoms with Crippen molar-refractivity contribution in [3.63, 3.8) is 0 Å². The molecule has 70 valence electrons. The Labute approximate surface area is 86.9 Å². The largest absolute Gasteiger partial charge is 1.00 e. The fourth-order valence-electron chi connectivity index (χ4n) is 0.680. The van der Waals surface area contributed by atoms with E-state index in [-0.39, 0.29) is 27.7 Å². The maximum atomic E-state index is 5.49. The van der Waals surface area contributed by atoms with Gasteiger partial charge in [-0.3, -0.25) is 0 Å². The van der Waals surface area contributed by atoms with Crippen LogP contribution >= 0.6 is 0 Å². The highest BCUT2D eigenvalue weighted by atomic mass is 35.5. The first-order valence-electron chi connectivity index (χ1n) is 2.93. The van der Waals surface area contributed by atoms with E-state index in [1.807, 2.05) is 0 Å². The average molecular weight is 211 g/mol. The highest BCUT2D eigenvalue weighted by Crippen LogP contribution is 2.20. The summed E-state index contributed by atoms with van der Waals surface area (Å²) in [5.74, 6) is 0.728. The molecule has 0 unspecified atom stereocenters. The number of ether oxygens (including phenoxy) is 1. The Kier molecular flexibility index (Phi) is 6.65. The van der Waals surface area contributed by atoms with Gasteiger partial charge in [0.1, 0.15) is 5.75 Å². The zero-order valence-electron chi connectivity index (χ0n) is 8.55. The molecule has 5 heteroatoms. The van der Waals surface area contributed by atoms with Crippen LogP contribution in [0, 0.1) is 0 Å².